The van der Waals surface area contributed by atoms with E-state index in [0.29, 0.717) is 17.7 Å². The van der Waals surface area contributed by atoms with Gasteiger partial charge < -0.3 is 4.74 Å². The highest BCUT2D eigenvalue weighted by atomic mass is 19.4. The average Bonchev–Trinajstić information content (AvgIpc) is 2.92. The zero-order valence-corrected chi connectivity index (χ0v) is 12.7. The average molecular weight is 324 g/mol. The van der Waals surface area contributed by atoms with Crippen LogP contribution in [0.25, 0.3) is 11.1 Å². The van der Waals surface area contributed by atoms with Gasteiger partial charge in [-0.2, -0.15) is 18.3 Å². The van der Waals surface area contributed by atoms with Crippen LogP contribution in [0, 0.1) is 6.92 Å². The number of ketones is 1. The topological polar surface area (TPSA) is 44.1 Å². The van der Waals surface area contributed by atoms with E-state index < -0.39 is 11.9 Å². The molecule has 0 spiro atoms. The van der Waals surface area contributed by atoms with Gasteiger partial charge in [0.05, 0.1) is 12.2 Å². The highest BCUT2D eigenvalue weighted by Crippen LogP contribution is 2.42. The van der Waals surface area contributed by atoms with Gasteiger partial charge in [0, 0.05) is 30.3 Å². The summed E-state index contributed by atoms with van der Waals surface area (Å²) in [6.45, 7) is 3.94. The van der Waals surface area contributed by atoms with E-state index in [1.165, 1.54) is 10.9 Å². The molecular weight excluding hydrogens is 309 g/mol. The fourth-order valence-electron chi connectivity index (χ4n) is 2.71. The number of Topliss-reactive ketones (excluding diaryl/α,β-unsaturated/α-hetero) is 1. The third kappa shape index (κ3) is 2.71. The molecule has 3 rings (SSSR count). The van der Waals surface area contributed by atoms with Crippen molar-refractivity contribution in [2.24, 2.45) is 0 Å². The summed E-state index contributed by atoms with van der Waals surface area (Å²) in [4.78, 5) is 12.0. The Balaban J connectivity index is 2.27. The number of nitrogens with zero attached hydrogens (tertiary/aromatic N) is 2. The molecule has 2 aromatic rings. The Bertz CT molecular complexity index is 778. The van der Waals surface area contributed by atoms with Gasteiger partial charge in [-0.1, -0.05) is 0 Å². The van der Waals surface area contributed by atoms with E-state index in [1.54, 1.807) is 26.0 Å². The lowest BCUT2D eigenvalue weighted by molar-refractivity contribution is -0.141. The maximum Gasteiger partial charge on any atom is 0.435 e. The molecule has 0 unspecified atom stereocenters. The smallest absolute Gasteiger partial charge is 0.435 e. The first-order valence-electron chi connectivity index (χ1n) is 7.27. The molecule has 1 aliphatic rings. The van der Waals surface area contributed by atoms with Gasteiger partial charge in [0.25, 0.3) is 0 Å². The number of rotatable bonds is 2. The van der Waals surface area contributed by atoms with Crippen molar-refractivity contribution >= 4 is 5.78 Å². The zero-order valence-electron chi connectivity index (χ0n) is 12.7. The van der Waals surface area contributed by atoms with Gasteiger partial charge in [0.15, 0.2) is 11.5 Å². The van der Waals surface area contributed by atoms with Gasteiger partial charge in [0.1, 0.15) is 5.75 Å². The number of aromatic nitrogens is 2. The summed E-state index contributed by atoms with van der Waals surface area (Å²) in [7, 11) is 0. The first kappa shape index (κ1) is 15.6. The molecule has 4 nitrogen and oxygen atoms in total. The summed E-state index contributed by atoms with van der Waals surface area (Å²) in [5.41, 5.74) is 0.279. The first-order chi connectivity index (χ1) is 10.8. The summed E-state index contributed by atoms with van der Waals surface area (Å²) in [5.74, 6) is 0.0978. The summed E-state index contributed by atoms with van der Waals surface area (Å²) < 4.78 is 46.7. The molecule has 0 atom stereocenters. The largest absolute Gasteiger partial charge is 0.492 e. The molecule has 2 heterocycles. The molecule has 1 aliphatic heterocycles. The predicted octanol–water partition coefficient (Wildman–Crippen LogP) is 3.86. The van der Waals surface area contributed by atoms with Gasteiger partial charge in [-0.3, -0.25) is 9.48 Å². The predicted molar refractivity (Wildman–Crippen MR) is 77.5 cm³/mol. The van der Waals surface area contributed by atoms with Gasteiger partial charge in [-0.25, -0.2) is 0 Å². The molecule has 0 saturated carbocycles. The summed E-state index contributed by atoms with van der Waals surface area (Å²) >= 11 is 0. The van der Waals surface area contributed by atoms with Crippen molar-refractivity contribution in [3.05, 3.63) is 35.2 Å². The molecule has 23 heavy (non-hydrogen) atoms. The monoisotopic (exact) mass is 324 g/mol. The summed E-state index contributed by atoms with van der Waals surface area (Å²) in [6.07, 6.45) is -3.00. The first-order valence-corrected chi connectivity index (χ1v) is 7.27. The van der Waals surface area contributed by atoms with Crippen molar-refractivity contribution < 1.29 is 22.7 Å². The number of hydrogen-bond acceptors (Lipinski definition) is 3. The van der Waals surface area contributed by atoms with Crippen molar-refractivity contribution in [2.45, 2.75) is 33.0 Å². The minimum atomic E-state index is -4.58. The Morgan fingerprint density at radius 2 is 1.96 bits per heavy atom. The maximum absolute atomic E-state index is 13.3. The molecular formula is C16H15F3N2O2. The lowest BCUT2D eigenvalue weighted by Crippen LogP contribution is -2.16. The third-order valence-corrected chi connectivity index (χ3v) is 3.75. The second-order valence-corrected chi connectivity index (χ2v) is 5.46. The highest BCUT2D eigenvalue weighted by Gasteiger charge is 2.38. The van der Waals surface area contributed by atoms with Gasteiger partial charge in [-0.15, -0.1) is 0 Å². The number of alkyl halides is 3. The van der Waals surface area contributed by atoms with Crippen molar-refractivity contribution in [2.75, 3.05) is 6.61 Å². The number of fused-ring (bicyclic) bond motifs is 1. The van der Waals surface area contributed by atoms with Crippen LogP contribution < -0.4 is 4.74 Å². The molecule has 122 valence electrons. The van der Waals surface area contributed by atoms with Crippen LogP contribution in [0.15, 0.2) is 18.3 Å². The minimum absolute atomic E-state index is 0.0611. The van der Waals surface area contributed by atoms with Crippen LogP contribution in [0.5, 0.6) is 5.75 Å². The Morgan fingerprint density at radius 3 is 2.61 bits per heavy atom. The van der Waals surface area contributed by atoms with Crippen molar-refractivity contribution in [3.63, 3.8) is 0 Å². The fraction of sp³-hybridized carbons (Fsp3) is 0.375. The van der Waals surface area contributed by atoms with Crippen molar-refractivity contribution in [3.8, 4) is 16.9 Å². The number of ether oxygens (including phenoxy) is 1. The Hall–Kier alpha value is -2.31. The van der Waals surface area contributed by atoms with Crippen LogP contribution in [-0.4, -0.2) is 22.2 Å². The molecule has 0 fully saturated rings. The van der Waals surface area contributed by atoms with E-state index in [2.05, 4.69) is 5.10 Å². The number of hydrogen-bond donors (Lipinski definition) is 0. The van der Waals surface area contributed by atoms with Gasteiger partial charge in [-0.05, 0) is 31.5 Å². The van der Waals surface area contributed by atoms with Crippen LogP contribution in [0.3, 0.4) is 0 Å². The van der Waals surface area contributed by atoms with Gasteiger partial charge in [0.2, 0.25) is 0 Å². The number of carbonyl (C=O) groups excluding carboxylic acids is 1. The molecule has 0 N–H and O–H groups in total. The second-order valence-electron chi connectivity index (χ2n) is 5.46. The third-order valence-electron chi connectivity index (χ3n) is 3.75. The summed E-state index contributed by atoms with van der Waals surface area (Å²) in [5, 5.41) is 3.63. The molecule has 0 amide bonds. The van der Waals surface area contributed by atoms with E-state index in [9.17, 15) is 18.0 Å². The second kappa shape index (κ2) is 5.40. The summed E-state index contributed by atoms with van der Waals surface area (Å²) in [6, 6.07) is 3.25. The number of carbonyl (C=O) groups is 1. The van der Waals surface area contributed by atoms with E-state index in [0.717, 1.165) is 0 Å². The molecule has 1 aromatic heterocycles. The Kier molecular flexibility index (Phi) is 3.66. The Morgan fingerprint density at radius 1 is 1.26 bits per heavy atom. The van der Waals surface area contributed by atoms with E-state index in [4.69, 9.17) is 4.74 Å². The van der Waals surface area contributed by atoms with Gasteiger partial charge >= 0.3 is 6.18 Å². The normalized spacial score (nSPS) is 14.6. The van der Waals surface area contributed by atoms with E-state index >= 15 is 0 Å². The number of aryl methyl sites for hydroxylation is 2. The molecule has 0 bridgehead atoms. The standard InChI is InChI=1S/C16H15F3N2O2/c1-3-21-8-12(15(20-21)16(17,18)19)10-6-9(2)7-11-13(22)4-5-23-14(10)11/h6-8H,3-5H2,1-2H3. The van der Waals surface area contributed by atoms with E-state index in [1.807, 2.05) is 0 Å². The van der Waals surface area contributed by atoms with Crippen molar-refractivity contribution in [1.29, 1.82) is 0 Å². The minimum Gasteiger partial charge on any atom is -0.492 e. The van der Waals surface area contributed by atoms with Crippen LogP contribution in [0.1, 0.15) is 35.0 Å². The Labute approximate surface area is 130 Å². The molecule has 1 aromatic carbocycles. The molecule has 0 radical (unpaired) electrons. The quantitative estimate of drug-likeness (QED) is 0.842. The molecule has 7 heteroatoms. The van der Waals surface area contributed by atoms with E-state index in [-0.39, 0.29) is 35.7 Å². The lowest BCUT2D eigenvalue weighted by atomic mass is 9.94. The number of halogens is 3. The maximum atomic E-state index is 13.3. The van der Waals surface area contributed by atoms with Crippen LogP contribution in [0.2, 0.25) is 0 Å². The number of benzene rings is 1. The SMILES string of the molecule is CCn1cc(-c2cc(C)cc3c2OCCC3=O)c(C(F)(F)F)n1. The van der Waals surface area contributed by atoms with Crippen LogP contribution >= 0.6 is 0 Å². The molecule has 0 saturated heterocycles. The van der Waals surface area contributed by atoms with Crippen molar-refractivity contribution in [1.82, 2.24) is 9.78 Å². The van der Waals surface area contributed by atoms with Crippen LogP contribution in [0.4, 0.5) is 13.2 Å². The lowest BCUT2D eigenvalue weighted by Gasteiger charge is -2.20. The highest BCUT2D eigenvalue weighted by molar-refractivity contribution is 6.02. The zero-order chi connectivity index (χ0) is 16.8. The fourth-order valence-corrected chi connectivity index (χ4v) is 2.71. The van der Waals surface area contributed by atoms with Crippen LogP contribution in [-0.2, 0) is 12.7 Å². The molecule has 0 aliphatic carbocycles.